The van der Waals surface area contributed by atoms with E-state index in [0.29, 0.717) is 12.2 Å². The predicted octanol–water partition coefficient (Wildman–Crippen LogP) is 2.74. The van der Waals surface area contributed by atoms with Crippen LogP contribution in [0.4, 0.5) is 5.69 Å². The minimum Gasteiger partial charge on any atom is -0.367 e. The third-order valence-electron chi connectivity index (χ3n) is 5.76. The van der Waals surface area contributed by atoms with Crippen LogP contribution in [0, 0.1) is 6.92 Å². The standard InChI is InChI=1S/C24H31N7O/c1-17-13-18(20-7-8-26-15-22(20)30-11-9-25-10-12-30)5-6-19(17)14-27-23(32)21-16-31(29-28-21)24(2,3)4/h5-8,13,15-16,25H,9-12,14H2,1-4H3,(H,27,32). The van der Waals surface area contributed by atoms with Crippen LogP contribution in [0.5, 0.6) is 0 Å². The van der Waals surface area contributed by atoms with Crippen LogP contribution in [0.25, 0.3) is 11.1 Å². The highest BCUT2D eigenvalue weighted by Gasteiger charge is 2.19. The van der Waals surface area contributed by atoms with Gasteiger partial charge in [0.1, 0.15) is 0 Å². The van der Waals surface area contributed by atoms with Crippen LogP contribution in [0.1, 0.15) is 42.4 Å². The molecule has 0 spiro atoms. The molecule has 0 aliphatic carbocycles. The van der Waals surface area contributed by atoms with Gasteiger partial charge in [0.2, 0.25) is 0 Å². The van der Waals surface area contributed by atoms with Gasteiger partial charge in [-0.2, -0.15) is 0 Å². The number of aromatic nitrogens is 4. The van der Waals surface area contributed by atoms with Crippen molar-refractivity contribution < 1.29 is 4.79 Å². The Hall–Kier alpha value is -3.26. The van der Waals surface area contributed by atoms with Crippen LogP contribution in [-0.2, 0) is 12.1 Å². The lowest BCUT2D eigenvalue weighted by molar-refractivity contribution is 0.0945. The zero-order valence-electron chi connectivity index (χ0n) is 19.2. The number of hydrogen-bond donors (Lipinski definition) is 2. The third-order valence-corrected chi connectivity index (χ3v) is 5.76. The minimum atomic E-state index is -0.223. The van der Waals surface area contributed by atoms with E-state index in [4.69, 9.17) is 0 Å². The first-order chi connectivity index (χ1) is 15.3. The van der Waals surface area contributed by atoms with Crippen LogP contribution in [0.2, 0.25) is 0 Å². The van der Waals surface area contributed by atoms with Gasteiger partial charge >= 0.3 is 0 Å². The average Bonchev–Trinajstić information content (AvgIpc) is 3.30. The minimum absolute atomic E-state index is 0.214. The van der Waals surface area contributed by atoms with E-state index in [2.05, 4.69) is 62.0 Å². The molecule has 1 aliphatic heterocycles. The molecule has 1 saturated heterocycles. The number of rotatable bonds is 5. The summed E-state index contributed by atoms with van der Waals surface area (Å²) in [5, 5.41) is 14.4. The number of nitrogens with one attached hydrogen (secondary N) is 2. The molecule has 1 fully saturated rings. The van der Waals surface area contributed by atoms with E-state index in [1.807, 2.05) is 33.2 Å². The molecule has 3 heterocycles. The van der Waals surface area contributed by atoms with Gasteiger partial charge in [0.25, 0.3) is 5.91 Å². The summed E-state index contributed by atoms with van der Waals surface area (Å²) in [6, 6.07) is 8.45. The van der Waals surface area contributed by atoms with Gasteiger partial charge in [-0.15, -0.1) is 5.10 Å². The summed E-state index contributed by atoms with van der Waals surface area (Å²) in [4.78, 5) is 19.3. The van der Waals surface area contributed by atoms with E-state index in [-0.39, 0.29) is 11.4 Å². The smallest absolute Gasteiger partial charge is 0.273 e. The van der Waals surface area contributed by atoms with Crippen molar-refractivity contribution in [3.05, 3.63) is 59.7 Å². The number of amides is 1. The topological polar surface area (TPSA) is 88.0 Å². The van der Waals surface area contributed by atoms with Crippen LogP contribution >= 0.6 is 0 Å². The van der Waals surface area contributed by atoms with E-state index >= 15 is 0 Å². The number of benzene rings is 1. The van der Waals surface area contributed by atoms with Crippen LogP contribution < -0.4 is 15.5 Å². The summed E-state index contributed by atoms with van der Waals surface area (Å²) in [5.41, 5.74) is 5.81. The number of carbonyl (C=O) groups excluding carboxylic acids is 1. The molecule has 8 nitrogen and oxygen atoms in total. The number of carbonyl (C=O) groups is 1. The quantitative estimate of drug-likeness (QED) is 0.643. The molecule has 32 heavy (non-hydrogen) atoms. The highest BCUT2D eigenvalue weighted by atomic mass is 16.2. The van der Waals surface area contributed by atoms with Gasteiger partial charge in [-0.05, 0) is 50.5 Å². The normalized spacial score (nSPS) is 14.4. The SMILES string of the molecule is Cc1cc(-c2ccncc2N2CCNCC2)ccc1CNC(=O)c1cn(C(C)(C)C)nn1. The number of piperazine rings is 1. The van der Waals surface area contributed by atoms with E-state index < -0.39 is 0 Å². The van der Waals surface area contributed by atoms with Crippen molar-refractivity contribution in [3.63, 3.8) is 0 Å². The van der Waals surface area contributed by atoms with Crippen LogP contribution in [0.15, 0.2) is 42.9 Å². The van der Waals surface area contributed by atoms with Gasteiger partial charge in [0, 0.05) is 44.5 Å². The van der Waals surface area contributed by atoms with Gasteiger partial charge in [0.05, 0.1) is 23.6 Å². The number of pyridine rings is 1. The first-order valence-corrected chi connectivity index (χ1v) is 11.0. The Morgan fingerprint density at radius 2 is 1.97 bits per heavy atom. The fraction of sp³-hybridized carbons (Fsp3) is 0.417. The predicted molar refractivity (Wildman–Crippen MR) is 126 cm³/mol. The molecule has 0 saturated carbocycles. The number of hydrogen-bond acceptors (Lipinski definition) is 6. The summed E-state index contributed by atoms with van der Waals surface area (Å²) in [7, 11) is 0. The first kappa shape index (κ1) is 22.0. The monoisotopic (exact) mass is 433 g/mol. The Kier molecular flexibility index (Phi) is 6.23. The maximum atomic E-state index is 12.5. The Balaban J connectivity index is 1.47. The summed E-state index contributed by atoms with van der Waals surface area (Å²) in [5.74, 6) is -0.223. The van der Waals surface area contributed by atoms with Gasteiger partial charge < -0.3 is 15.5 Å². The average molecular weight is 434 g/mol. The fourth-order valence-corrected chi connectivity index (χ4v) is 3.81. The zero-order chi connectivity index (χ0) is 22.7. The summed E-state index contributed by atoms with van der Waals surface area (Å²) < 4.78 is 1.70. The van der Waals surface area contributed by atoms with Gasteiger partial charge in [-0.25, -0.2) is 4.68 Å². The lowest BCUT2D eigenvalue weighted by Gasteiger charge is -2.31. The molecule has 1 amide bonds. The zero-order valence-corrected chi connectivity index (χ0v) is 19.2. The van der Waals surface area contributed by atoms with E-state index in [1.54, 1.807) is 10.9 Å². The molecule has 0 radical (unpaired) electrons. The molecule has 1 aromatic carbocycles. The Morgan fingerprint density at radius 3 is 2.66 bits per heavy atom. The van der Waals surface area contributed by atoms with Gasteiger partial charge in [-0.3, -0.25) is 9.78 Å². The first-order valence-electron chi connectivity index (χ1n) is 11.0. The highest BCUT2D eigenvalue weighted by molar-refractivity contribution is 5.91. The largest absolute Gasteiger partial charge is 0.367 e. The fourth-order valence-electron chi connectivity index (χ4n) is 3.81. The second-order valence-electron chi connectivity index (χ2n) is 9.17. The molecule has 1 aliphatic rings. The van der Waals surface area contributed by atoms with E-state index in [9.17, 15) is 4.79 Å². The Bertz CT molecular complexity index is 1090. The van der Waals surface area contributed by atoms with Crippen molar-refractivity contribution in [2.45, 2.75) is 39.8 Å². The molecule has 0 bridgehead atoms. The maximum Gasteiger partial charge on any atom is 0.273 e. The number of anilines is 1. The summed E-state index contributed by atoms with van der Waals surface area (Å²) in [6.07, 6.45) is 5.48. The van der Waals surface area contributed by atoms with Gasteiger partial charge in [0.15, 0.2) is 5.69 Å². The van der Waals surface area contributed by atoms with Gasteiger partial charge in [-0.1, -0.05) is 23.4 Å². The summed E-state index contributed by atoms with van der Waals surface area (Å²) in [6.45, 7) is 12.5. The molecular formula is C24H31N7O. The molecule has 0 atom stereocenters. The molecule has 8 heteroatoms. The number of nitrogens with zero attached hydrogens (tertiary/aromatic N) is 5. The van der Waals surface area contributed by atoms with Crippen molar-refractivity contribution in [2.24, 2.45) is 0 Å². The molecule has 2 aromatic heterocycles. The molecule has 168 valence electrons. The lowest BCUT2D eigenvalue weighted by atomic mass is 9.99. The van der Waals surface area contributed by atoms with E-state index in [0.717, 1.165) is 48.6 Å². The van der Waals surface area contributed by atoms with Crippen molar-refractivity contribution >= 4 is 11.6 Å². The maximum absolute atomic E-state index is 12.5. The Morgan fingerprint density at radius 1 is 1.19 bits per heavy atom. The van der Waals surface area contributed by atoms with Crippen molar-refractivity contribution in [1.82, 2.24) is 30.6 Å². The van der Waals surface area contributed by atoms with Crippen molar-refractivity contribution in [3.8, 4) is 11.1 Å². The second kappa shape index (κ2) is 9.08. The number of aryl methyl sites for hydroxylation is 1. The van der Waals surface area contributed by atoms with E-state index in [1.165, 1.54) is 5.56 Å². The van der Waals surface area contributed by atoms with Crippen molar-refractivity contribution in [2.75, 3.05) is 31.1 Å². The summed E-state index contributed by atoms with van der Waals surface area (Å²) >= 11 is 0. The van der Waals surface area contributed by atoms with Crippen molar-refractivity contribution in [1.29, 1.82) is 0 Å². The molecule has 3 aromatic rings. The van der Waals surface area contributed by atoms with Crippen LogP contribution in [-0.4, -0.2) is 52.1 Å². The second-order valence-corrected chi connectivity index (χ2v) is 9.17. The highest BCUT2D eigenvalue weighted by Crippen LogP contribution is 2.31. The third kappa shape index (κ3) is 4.80. The molecule has 0 unspecified atom stereocenters. The Labute approximate surface area is 189 Å². The lowest BCUT2D eigenvalue weighted by Crippen LogP contribution is -2.43. The molecular weight excluding hydrogens is 402 g/mol. The van der Waals surface area contributed by atoms with Crippen LogP contribution in [0.3, 0.4) is 0 Å². The molecule has 4 rings (SSSR count). The molecule has 2 N–H and O–H groups in total.